The summed E-state index contributed by atoms with van der Waals surface area (Å²) in [5.41, 5.74) is 3.31. The van der Waals surface area contributed by atoms with Crippen molar-refractivity contribution in [2.75, 3.05) is 19.5 Å². The number of ether oxygens (including phenoxy) is 2. The van der Waals surface area contributed by atoms with Gasteiger partial charge in [0.25, 0.3) is 0 Å². The number of halogens is 1. The molecular formula is C16H22ClN3O4. The Balaban J connectivity index is 2.77. The fourth-order valence-electron chi connectivity index (χ4n) is 1.70. The van der Waals surface area contributed by atoms with Gasteiger partial charge in [-0.05, 0) is 6.92 Å². The van der Waals surface area contributed by atoms with E-state index in [1.165, 1.54) is 14.2 Å². The van der Waals surface area contributed by atoms with Gasteiger partial charge in [0, 0.05) is 23.8 Å². The van der Waals surface area contributed by atoms with Crippen LogP contribution in [-0.2, 0) is 9.59 Å². The van der Waals surface area contributed by atoms with Gasteiger partial charge in [-0.3, -0.25) is 9.59 Å². The van der Waals surface area contributed by atoms with Crippen LogP contribution >= 0.6 is 11.6 Å². The largest absolute Gasteiger partial charge is 0.495 e. The zero-order valence-corrected chi connectivity index (χ0v) is 15.2. The number of carbonyl (C=O) groups is 2. The van der Waals surface area contributed by atoms with Gasteiger partial charge in [0.15, 0.2) is 0 Å². The SMILES string of the molecule is COc1cc(NC(=O)CC(C)=NNC(=O)C(C)C)c(OC)cc1Cl. The van der Waals surface area contributed by atoms with Crippen molar-refractivity contribution >= 4 is 34.8 Å². The van der Waals surface area contributed by atoms with E-state index in [0.717, 1.165) is 0 Å². The van der Waals surface area contributed by atoms with Gasteiger partial charge in [0.1, 0.15) is 11.5 Å². The Morgan fingerprint density at radius 1 is 1.21 bits per heavy atom. The number of hydrazone groups is 1. The molecular weight excluding hydrogens is 334 g/mol. The molecule has 0 bridgehead atoms. The van der Waals surface area contributed by atoms with Gasteiger partial charge in [-0.2, -0.15) is 5.10 Å². The molecule has 0 spiro atoms. The molecule has 8 heteroatoms. The smallest absolute Gasteiger partial charge is 0.242 e. The molecule has 0 atom stereocenters. The molecule has 1 aromatic carbocycles. The lowest BCUT2D eigenvalue weighted by molar-refractivity contribution is -0.124. The molecule has 0 saturated heterocycles. The quantitative estimate of drug-likeness (QED) is 0.581. The monoisotopic (exact) mass is 355 g/mol. The van der Waals surface area contributed by atoms with E-state index in [4.69, 9.17) is 21.1 Å². The number of rotatable bonds is 7. The first-order chi connectivity index (χ1) is 11.3. The normalized spacial score (nSPS) is 11.2. The second-order valence-electron chi connectivity index (χ2n) is 5.39. The second kappa shape index (κ2) is 9.12. The third kappa shape index (κ3) is 5.73. The minimum Gasteiger partial charge on any atom is -0.495 e. The molecule has 0 heterocycles. The maximum Gasteiger partial charge on any atom is 0.242 e. The Hall–Kier alpha value is -2.28. The van der Waals surface area contributed by atoms with Crippen LogP contribution in [0.2, 0.25) is 5.02 Å². The lowest BCUT2D eigenvalue weighted by atomic mass is 10.2. The summed E-state index contributed by atoms with van der Waals surface area (Å²) in [6, 6.07) is 3.13. The predicted octanol–water partition coefficient (Wildman–Crippen LogP) is 2.83. The highest BCUT2D eigenvalue weighted by Gasteiger charge is 2.13. The molecule has 0 radical (unpaired) electrons. The van der Waals surface area contributed by atoms with Crippen LogP contribution < -0.4 is 20.2 Å². The molecule has 24 heavy (non-hydrogen) atoms. The first-order valence-corrected chi connectivity index (χ1v) is 7.70. The van der Waals surface area contributed by atoms with Gasteiger partial charge in [-0.25, -0.2) is 5.43 Å². The number of anilines is 1. The molecule has 0 aliphatic carbocycles. The first-order valence-electron chi connectivity index (χ1n) is 7.32. The fraction of sp³-hybridized carbons (Fsp3) is 0.438. The van der Waals surface area contributed by atoms with Crippen LogP contribution in [0.5, 0.6) is 11.5 Å². The van der Waals surface area contributed by atoms with Crippen molar-refractivity contribution in [2.24, 2.45) is 11.0 Å². The van der Waals surface area contributed by atoms with E-state index in [1.54, 1.807) is 32.9 Å². The summed E-state index contributed by atoms with van der Waals surface area (Å²) >= 11 is 6.02. The van der Waals surface area contributed by atoms with Crippen molar-refractivity contribution in [3.8, 4) is 11.5 Å². The molecule has 0 aromatic heterocycles. The number of hydrogen-bond acceptors (Lipinski definition) is 5. The van der Waals surface area contributed by atoms with Crippen molar-refractivity contribution in [2.45, 2.75) is 27.2 Å². The topological polar surface area (TPSA) is 89.0 Å². The summed E-state index contributed by atoms with van der Waals surface area (Å²) < 4.78 is 10.3. The molecule has 1 aromatic rings. The molecule has 0 fully saturated rings. The second-order valence-corrected chi connectivity index (χ2v) is 5.80. The van der Waals surface area contributed by atoms with Gasteiger partial charge < -0.3 is 14.8 Å². The number of nitrogens with zero attached hydrogens (tertiary/aromatic N) is 1. The average molecular weight is 356 g/mol. The minimum absolute atomic E-state index is 0.0203. The summed E-state index contributed by atoms with van der Waals surface area (Å²) in [7, 11) is 2.95. The molecule has 0 aliphatic rings. The molecule has 2 N–H and O–H groups in total. The molecule has 132 valence electrons. The molecule has 7 nitrogen and oxygen atoms in total. The van der Waals surface area contributed by atoms with Gasteiger partial charge in [0.05, 0.1) is 31.4 Å². The lowest BCUT2D eigenvalue weighted by Gasteiger charge is -2.13. The van der Waals surface area contributed by atoms with Crippen LogP contribution in [0.3, 0.4) is 0 Å². The van der Waals surface area contributed by atoms with Crippen LogP contribution in [0.15, 0.2) is 17.2 Å². The first kappa shape index (κ1) is 19.8. The van der Waals surface area contributed by atoms with E-state index >= 15 is 0 Å². The van der Waals surface area contributed by atoms with Crippen molar-refractivity contribution in [1.82, 2.24) is 5.43 Å². The maximum absolute atomic E-state index is 12.1. The van der Waals surface area contributed by atoms with Gasteiger partial charge in [-0.15, -0.1) is 0 Å². The Labute approximate surface area is 146 Å². The number of carbonyl (C=O) groups excluding carboxylic acids is 2. The summed E-state index contributed by atoms with van der Waals surface area (Å²) in [6.45, 7) is 5.17. The number of nitrogens with one attached hydrogen (secondary N) is 2. The third-order valence-electron chi connectivity index (χ3n) is 3.05. The zero-order valence-electron chi connectivity index (χ0n) is 14.4. The minimum atomic E-state index is -0.308. The summed E-state index contributed by atoms with van der Waals surface area (Å²) in [6.07, 6.45) is 0.0203. The van der Waals surface area contributed by atoms with E-state index < -0.39 is 0 Å². The molecule has 0 unspecified atom stereocenters. The highest BCUT2D eigenvalue weighted by atomic mass is 35.5. The predicted molar refractivity (Wildman–Crippen MR) is 93.9 cm³/mol. The Bertz CT molecular complexity index is 644. The van der Waals surface area contributed by atoms with Gasteiger partial charge in [0.2, 0.25) is 11.8 Å². The lowest BCUT2D eigenvalue weighted by Crippen LogP contribution is -2.25. The molecule has 2 amide bonds. The van der Waals surface area contributed by atoms with Crippen molar-refractivity contribution in [1.29, 1.82) is 0 Å². The Morgan fingerprint density at radius 3 is 2.38 bits per heavy atom. The number of benzene rings is 1. The van der Waals surface area contributed by atoms with Crippen LogP contribution in [0.25, 0.3) is 0 Å². The van der Waals surface area contributed by atoms with Gasteiger partial charge in [-0.1, -0.05) is 25.4 Å². The summed E-state index contributed by atoms with van der Waals surface area (Å²) in [5, 5.41) is 6.98. The van der Waals surface area contributed by atoms with E-state index in [0.29, 0.717) is 27.9 Å². The summed E-state index contributed by atoms with van der Waals surface area (Å²) in [5.74, 6) is 0.136. The summed E-state index contributed by atoms with van der Waals surface area (Å²) in [4.78, 5) is 23.6. The van der Waals surface area contributed by atoms with Crippen molar-refractivity contribution < 1.29 is 19.1 Å². The van der Waals surface area contributed by atoms with Crippen LogP contribution in [0.4, 0.5) is 5.69 Å². The molecule has 1 rings (SSSR count). The average Bonchev–Trinajstić information content (AvgIpc) is 2.53. The molecule has 0 aliphatic heterocycles. The van der Waals surface area contributed by atoms with E-state index in [1.807, 2.05) is 0 Å². The molecule has 0 saturated carbocycles. The number of methoxy groups -OCH3 is 2. The highest BCUT2D eigenvalue weighted by molar-refractivity contribution is 6.32. The van der Waals surface area contributed by atoms with E-state index in [9.17, 15) is 9.59 Å². The number of hydrogen-bond donors (Lipinski definition) is 2. The van der Waals surface area contributed by atoms with Crippen LogP contribution in [-0.4, -0.2) is 31.7 Å². The van der Waals surface area contributed by atoms with E-state index in [2.05, 4.69) is 15.8 Å². The number of amides is 2. The van der Waals surface area contributed by atoms with Crippen molar-refractivity contribution in [3.63, 3.8) is 0 Å². The van der Waals surface area contributed by atoms with Crippen LogP contribution in [0, 0.1) is 5.92 Å². The third-order valence-corrected chi connectivity index (χ3v) is 3.34. The maximum atomic E-state index is 12.1. The fourth-order valence-corrected chi connectivity index (χ4v) is 1.93. The van der Waals surface area contributed by atoms with Gasteiger partial charge >= 0.3 is 0 Å². The standard InChI is InChI=1S/C16H22ClN3O4/c1-9(2)16(22)20-19-10(3)6-15(21)18-12-8-13(23-4)11(17)7-14(12)24-5/h7-9H,6H2,1-5H3,(H,18,21)(H,20,22). The zero-order chi connectivity index (χ0) is 18.3. The van der Waals surface area contributed by atoms with E-state index in [-0.39, 0.29) is 24.2 Å². The highest BCUT2D eigenvalue weighted by Crippen LogP contribution is 2.35. The van der Waals surface area contributed by atoms with Crippen LogP contribution in [0.1, 0.15) is 27.2 Å². The Morgan fingerprint density at radius 2 is 1.83 bits per heavy atom. The van der Waals surface area contributed by atoms with Crippen molar-refractivity contribution in [3.05, 3.63) is 17.2 Å². The Kier molecular flexibility index (Phi) is 7.51.